The zero-order chi connectivity index (χ0) is 20.1. The van der Waals surface area contributed by atoms with E-state index in [9.17, 15) is 9.59 Å². The monoisotopic (exact) mass is 379 g/mol. The first-order valence-corrected chi connectivity index (χ1v) is 8.74. The Morgan fingerprint density at radius 1 is 1.14 bits per heavy atom. The van der Waals surface area contributed by atoms with Gasteiger partial charge in [-0.25, -0.2) is 9.48 Å². The maximum absolute atomic E-state index is 12.4. The minimum absolute atomic E-state index is 0.351. The van der Waals surface area contributed by atoms with Gasteiger partial charge in [0.05, 0.1) is 24.0 Å². The number of nitrogens with one attached hydrogen (secondary N) is 1. The number of carbonyl (C=O) groups excluding carboxylic acids is 2. The highest BCUT2D eigenvalue weighted by molar-refractivity contribution is 5.98. The normalized spacial score (nSPS) is 11.5. The molecule has 0 bridgehead atoms. The predicted molar refractivity (Wildman–Crippen MR) is 105 cm³/mol. The van der Waals surface area contributed by atoms with E-state index in [4.69, 9.17) is 9.47 Å². The van der Waals surface area contributed by atoms with Crippen molar-refractivity contribution in [2.24, 2.45) is 0 Å². The lowest BCUT2D eigenvalue weighted by molar-refractivity contribution is -0.123. The van der Waals surface area contributed by atoms with Gasteiger partial charge in [0.1, 0.15) is 5.75 Å². The molecule has 0 spiro atoms. The number of anilines is 1. The van der Waals surface area contributed by atoms with Crippen molar-refractivity contribution in [3.8, 4) is 11.4 Å². The molecule has 7 heteroatoms. The third-order valence-electron chi connectivity index (χ3n) is 4.14. The van der Waals surface area contributed by atoms with Crippen molar-refractivity contribution in [1.82, 2.24) is 9.78 Å². The van der Waals surface area contributed by atoms with Crippen LogP contribution >= 0.6 is 0 Å². The highest BCUT2D eigenvalue weighted by atomic mass is 16.5. The summed E-state index contributed by atoms with van der Waals surface area (Å²) in [6, 6.07) is 14.0. The number of aromatic nitrogens is 2. The molecule has 0 aliphatic rings. The fourth-order valence-corrected chi connectivity index (χ4v) is 2.61. The van der Waals surface area contributed by atoms with Gasteiger partial charge in [0, 0.05) is 12.4 Å². The highest BCUT2D eigenvalue weighted by Crippen LogP contribution is 2.25. The van der Waals surface area contributed by atoms with Crippen LogP contribution in [0.1, 0.15) is 22.8 Å². The standard InChI is InChI=1S/C21H21N3O4/c1-14-5-10-19(27-3)18(13-14)23-20(25)15(2)28-21(26)16-6-8-17(9-7-16)24-12-4-11-22-24/h4-13,15H,1-3H3,(H,23,25)/t15-/m0/s1. The summed E-state index contributed by atoms with van der Waals surface area (Å²) in [6.45, 7) is 3.43. The van der Waals surface area contributed by atoms with Crippen LogP contribution in [0.2, 0.25) is 0 Å². The first kappa shape index (κ1) is 19.2. The quantitative estimate of drug-likeness (QED) is 0.664. The zero-order valence-corrected chi connectivity index (χ0v) is 15.9. The molecule has 0 fully saturated rings. The van der Waals surface area contributed by atoms with Gasteiger partial charge in [-0.15, -0.1) is 0 Å². The fraction of sp³-hybridized carbons (Fsp3) is 0.190. The number of rotatable bonds is 6. The van der Waals surface area contributed by atoms with Gasteiger partial charge in [0.15, 0.2) is 6.10 Å². The Hall–Kier alpha value is -3.61. The number of nitrogens with zero attached hydrogens (tertiary/aromatic N) is 2. The van der Waals surface area contributed by atoms with E-state index in [2.05, 4.69) is 10.4 Å². The van der Waals surface area contributed by atoms with Crippen molar-refractivity contribution in [3.63, 3.8) is 0 Å². The Morgan fingerprint density at radius 2 is 1.89 bits per heavy atom. The van der Waals surface area contributed by atoms with Crippen LogP contribution in [0.25, 0.3) is 5.69 Å². The zero-order valence-electron chi connectivity index (χ0n) is 15.9. The van der Waals surface area contributed by atoms with Crippen LogP contribution in [0, 0.1) is 6.92 Å². The number of ether oxygens (including phenoxy) is 2. The van der Waals surface area contributed by atoms with E-state index in [-0.39, 0.29) is 0 Å². The van der Waals surface area contributed by atoms with E-state index >= 15 is 0 Å². The van der Waals surface area contributed by atoms with Gasteiger partial charge < -0.3 is 14.8 Å². The van der Waals surface area contributed by atoms with Crippen LogP contribution in [0.5, 0.6) is 5.75 Å². The van der Waals surface area contributed by atoms with Crippen LogP contribution in [-0.4, -0.2) is 34.9 Å². The van der Waals surface area contributed by atoms with Crippen molar-refractivity contribution in [2.75, 3.05) is 12.4 Å². The van der Waals surface area contributed by atoms with E-state index in [1.165, 1.54) is 14.0 Å². The summed E-state index contributed by atoms with van der Waals surface area (Å²) in [5, 5.41) is 6.86. The number of amides is 1. The molecule has 144 valence electrons. The van der Waals surface area contributed by atoms with Gasteiger partial charge in [-0.05, 0) is 61.9 Å². The fourth-order valence-electron chi connectivity index (χ4n) is 2.61. The second-order valence-corrected chi connectivity index (χ2v) is 6.24. The second kappa shape index (κ2) is 8.39. The molecule has 0 saturated carbocycles. The Labute approximate surface area is 162 Å². The Balaban J connectivity index is 1.63. The lowest BCUT2D eigenvalue weighted by atomic mass is 10.2. The minimum Gasteiger partial charge on any atom is -0.495 e. The molecule has 1 N–H and O–H groups in total. The number of benzene rings is 2. The Bertz CT molecular complexity index is 966. The van der Waals surface area contributed by atoms with Crippen molar-refractivity contribution >= 4 is 17.6 Å². The van der Waals surface area contributed by atoms with Gasteiger partial charge in [0.2, 0.25) is 0 Å². The molecule has 1 aromatic heterocycles. The predicted octanol–water partition coefficient (Wildman–Crippen LogP) is 3.37. The molecule has 0 unspecified atom stereocenters. The van der Waals surface area contributed by atoms with Crippen LogP contribution in [0.3, 0.4) is 0 Å². The second-order valence-electron chi connectivity index (χ2n) is 6.24. The molecule has 1 atom stereocenters. The third kappa shape index (κ3) is 4.37. The van der Waals surface area contributed by atoms with Crippen LogP contribution < -0.4 is 10.1 Å². The molecule has 3 aromatic rings. The molecule has 0 aliphatic carbocycles. The third-order valence-corrected chi connectivity index (χ3v) is 4.14. The molecule has 2 aromatic carbocycles. The molecule has 7 nitrogen and oxygen atoms in total. The number of aryl methyl sites for hydroxylation is 1. The molecule has 0 radical (unpaired) electrons. The average Bonchev–Trinajstić information content (AvgIpc) is 3.23. The smallest absolute Gasteiger partial charge is 0.338 e. The SMILES string of the molecule is COc1ccc(C)cc1NC(=O)[C@H](C)OC(=O)c1ccc(-n2cccn2)cc1. The van der Waals surface area contributed by atoms with Crippen molar-refractivity contribution in [3.05, 3.63) is 72.1 Å². The van der Waals surface area contributed by atoms with Crippen molar-refractivity contribution in [2.45, 2.75) is 20.0 Å². The summed E-state index contributed by atoms with van der Waals surface area (Å²) in [5.41, 5.74) is 2.67. The van der Waals surface area contributed by atoms with Crippen LogP contribution in [0.4, 0.5) is 5.69 Å². The largest absolute Gasteiger partial charge is 0.495 e. The lowest BCUT2D eigenvalue weighted by Crippen LogP contribution is -2.30. The molecule has 0 aliphatic heterocycles. The maximum atomic E-state index is 12.4. The minimum atomic E-state index is -0.969. The number of esters is 1. The maximum Gasteiger partial charge on any atom is 0.338 e. The number of methoxy groups -OCH3 is 1. The first-order valence-electron chi connectivity index (χ1n) is 8.74. The van der Waals surface area contributed by atoms with Gasteiger partial charge >= 0.3 is 5.97 Å². The summed E-state index contributed by atoms with van der Waals surface area (Å²) in [7, 11) is 1.52. The Kier molecular flexibility index (Phi) is 5.74. The average molecular weight is 379 g/mol. The van der Waals surface area contributed by atoms with Gasteiger partial charge in [-0.2, -0.15) is 5.10 Å². The molecule has 28 heavy (non-hydrogen) atoms. The number of hydrogen-bond donors (Lipinski definition) is 1. The highest BCUT2D eigenvalue weighted by Gasteiger charge is 2.20. The van der Waals surface area contributed by atoms with E-state index < -0.39 is 18.0 Å². The van der Waals surface area contributed by atoms with E-state index in [0.29, 0.717) is 17.0 Å². The van der Waals surface area contributed by atoms with E-state index in [1.807, 2.05) is 19.1 Å². The Morgan fingerprint density at radius 3 is 2.54 bits per heavy atom. The van der Waals surface area contributed by atoms with Gasteiger partial charge in [0.25, 0.3) is 5.91 Å². The number of carbonyl (C=O) groups is 2. The summed E-state index contributed by atoms with van der Waals surface area (Å²) < 4.78 is 12.2. The molecule has 1 heterocycles. The topological polar surface area (TPSA) is 82.5 Å². The summed E-state index contributed by atoms with van der Waals surface area (Å²) in [5.74, 6) is -0.483. The first-order chi connectivity index (χ1) is 13.5. The van der Waals surface area contributed by atoms with Crippen molar-refractivity contribution < 1.29 is 19.1 Å². The molecule has 3 rings (SSSR count). The lowest BCUT2D eigenvalue weighted by Gasteiger charge is -2.15. The van der Waals surface area contributed by atoms with Gasteiger partial charge in [-0.1, -0.05) is 6.07 Å². The van der Waals surface area contributed by atoms with Gasteiger partial charge in [-0.3, -0.25) is 4.79 Å². The summed E-state index contributed by atoms with van der Waals surface area (Å²) >= 11 is 0. The summed E-state index contributed by atoms with van der Waals surface area (Å²) in [4.78, 5) is 24.8. The molecular formula is C21H21N3O4. The van der Waals surface area contributed by atoms with E-state index in [1.54, 1.807) is 53.5 Å². The molecule has 0 saturated heterocycles. The van der Waals surface area contributed by atoms with Crippen LogP contribution in [-0.2, 0) is 9.53 Å². The number of hydrogen-bond acceptors (Lipinski definition) is 5. The molecule has 1 amide bonds. The summed E-state index contributed by atoms with van der Waals surface area (Å²) in [6.07, 6.45) is 2.51. The van der Waals surface area contributed by atoms with Crippen LogP contribution in [0.15, 0.2) is 60.9 Å². The molecular weight excluding hydrogens is 358 g/mol. The van der Waals surface area contributed by atoms with E-state index in [0.717, 1.165) is 11.3 Å². The van der Waals surface area contributed by atoms with Crippen molar-refractivity contribution in [1.29, 1.82) is 0 Å².